The van der Waals surface area contributed by atoms with Gasteiger partial charge in [0.25, 0.3) is 5.91 Å². The monoisotopic (exact) mass is 280 g/mol. The minimum atomic E-state index is -0.443. The van der Waals surface area contributed by atoms with Crippen molar-refractivity contribution in [2.45, 2.75) is 19.8 Å². The van der Waals surface area contributed by atoms with Gasteiger partial charge in [-0.2, -0.15) is 0 Å². The lowest BCUT2D eigenvalue weighted by molar-refractivity contribution is 0.102. The van der Waals surface area contributed by atoms with Gasteiger partial charge in [-0.25, -0.2) is 4.39 Å². The van der Waals surface area contributed by atoms with Gasteiger partial charge in [-0.05, 0) is 36.2 Å². The van der Waals surface area contributed by atoms with Crippen molar-refractivity contribution < 1.29 is 9.18 Å². The van der Waals surface area contributed by atoms with Crippen molar-refractivity contribution in [3.63, 3.8) is 0 Å². The number of halogens is 1. The molecule has 19 heavy (non-hydrogen) atoms. The number of benzene rings is 1. The fraction of sp³-hybridized carbons (Fsp3) is 0.250. The molecular weight excluding hydrogens is 267 g/mol. The van der Waals surface area contributed by atoms with Gasteiger partial charge in [0.15, 0.2) is 0 Å². The largest absolute Gasteiger partial charge is 0.397 e. The summed E-state index contributed by atoms with van der Waals surface area (Å²) in [6, 6.07) is 3.83. The number of nitrogens with one attached hydrogen (secondary N) is 1. The molecule has 0 atom stereocenters. The van der Waals surface area contributed by atoms with Crippen molar-refractivity contribution >= 4 is 28.8 Å². The van der Waals surface area contributed by atoms with Crippen molar-refractivity contribution in [1.29, 1.82) is 0 Å². The molecule has 100 valence electrons. The number of carbonyl (C=O) groups is 1. The Kier molecular flexibility index (Phi) is 4.06. The third-order valence-corrected chi connectivity index (χ3v) is 3.28. The fourth-order valence-corrected chi connectivity index (χ4v) is 2.21. The Morgan fingerprint density at radius 3 is 3.00 bits per heavy atom. The Bertz CT molecular complexity index is 599. The maximum Gasteiger partial charge on any atom is 0.269 e. The average Bonchev–Trinajstić information content (AvgIpc) is 2.81. The molecule has 0 radical (unpaired) electrons. The van der Waals surface area contributed by atoms with Crippen LogP contribution in [-0.4, -0.2) is 15.5 Å². The highest BCUT2D eigenvalue weighted by atomic mass is 32.1. The number of amides is 1. The highest BCUT2D eigenvalue weighted by molar-refractivity contribution is 7.08. The summed E-state index contributed by atoms with van der Waals surface area (Å²) in [7, 11) is 0. The molecule has 2 aromatic rings. The van der Waals surface area contributed by atoms with E-state index in [1.807, 2.05) is 6.92 Å². The van der Waals surface area contributed by atoms with Gasteiger partial charge in [0.05, 0.1) is 17.1 Å². The molecule has 0 saturated heterocycles. The van der Waals surface area contributed by atoms with Gasteiger partial charge >= 0.3 is 0 Å². The normalized spacial score (nSPS) is 10.4. The second-order valence-corrected chi connectivity index (χ2v) is 4.74. The van der Waals surface area contributed by atoms with Gasteiger partial charge in [0.1, 0.15) is 10.7 Å². The highest BCUT2D eigenvalue weighted by Crippen LogP contribution is 2.21. The minimum absolute atomic E-state index is 0.183. The maximum absolute atomic E-state index is 12.9. The van der Waals surface area contributed by atoms with Crippen LogP contribution in [0.3, 0.4) is 0 Å². The van der Waals surface area contributed by atoms with E-state index < -0.39 is 5.82 Å². The predicted molar refractivity (Wildman–Crippen MR) is 72.7 cm³/mol. The molecule has 1 aromatic heterocycles. The Morgan fingerprint density at radius 1 is 1.53 bits per heavy atom. The number of hydrogen-bond donors (Lipinski definition) is 2. The quantitative estimate of drug-likeness (QED) is 0.843. The molecule has 5 nitrogen and oxygen atoms in total. The number of carbonyl (C=O) groups excluding carboxylic acids is 1. The summed E-state index contributed by atoms with van der Waals surface area (Å²) in [5.74, 6) is -0.765. The van der Waals surface area contributed by atoms with Crippen molar-refractivity contribution in [1.82, 2.24) is 9.59 Å². The third kappa shape index (κ3) is 3.05. The van der Waals surface area contributed by atoms with Gasteiger partial charge in [0.2, 0.25) is 0 Å². The van der Waals surface area contributed by atoms with E-state index in [-0.39, 0.29) is 11.6 Å². The van der Waals surface area contributed by atoms with Crippen LogP contribution >= 0.6 is 11.5 Å². The van der Waals surface area contributed by atoms with E-state index in [0.717, 1.165) is 24.0 Å². The smallest absolute Gasteiger partial charge is 0.269 e. The molecule has 0 aliphatic rings. The molecule has 1 aromatic carbocycles. The zero-order valence-electron chi connectivity index (χ0n) is 10.3. The van der Waals surface area contributed by atoms with Crippen LogP contribution in [0.2, 0.25) is 0 Å². The first-order chi connectivity index (χ1) is 9.11. The van der Waals surface area contributed by atoms with Crippen LogP contribution in [0.15, 0.2) is 18.2 Å². The van der Waals surface area contributed by atoms with E-state index in [1.54, 1.807) is 0 Å². The molecular formula is C12H13FN4OS. The van der Waals surface area contributed by atoms with Crippen LogP contribution in [0.4, 0.5) is 15.8 Å². The van der Waals surface area contributed by atoms with Crippen LogP contribution in [0, 0.1) is 5.82 Å². The van der Waals surface area contributed by atoms with E-state index >= 15 is 0 Å². The molecule has 1 amide bonds. The van der Waals surface area contributed by atoms with Crippen LogP contribution in [0.1, 0.15) is 28.7 Å². The Labute approximate surface area is 113 Å². The van der Waals surface area contributed by atoms with Gasteiger partial charge in [-0.1, -0.05) is 17.8 Å². The molecule has 0 aliphatic carbocycles. The molecule has 0 saturated carbocycles. The zero-order chi connectivity index (χ0) is 13.8. The molecule has 3 N–H and O–H groups in total. The Morgan fingerprint density at radius 2 is 2.32 bits per heavy atom. The number of anilines is 2. The summed E-state index contributed by atoms with van der Waals surface area (Å²) in [5.41, 5.74) is 6.87. The maximum atomic E-state index is 12.9. The summed E-state index contributed by atoms with van der Waals surface area (Å²) >= 11 is 1.04. The second kappa shape index (κ2) is 5.75. The van der Waals surface area contributed by atoms with Gasteiger partial charge in [-0.15, -0.1) is 5.10 Å². The van der Waals surface area contributed by atoms with E-state index in [0.29, 0.717) is 22.7 Å². The molecule has 7 heteroatoms. The van der Waals surface area contributed by atoms with Gasteiger partial charge in [-0.3, -0.25) is 4.79 Å². The molecule has 1 heterocycles. The number of nitrogen functional groups attached to an aromatic ring is 1. The number of nitrogens with zero attached hydrogens (tertiary/aromatic N) is 2. The second-order valence-electron chi connectivity index (χ2n) is 3.98. The average molecular weight is 280 g/mol. The lowest BCUT2D eigenvalue weighted by Gasteiger charge is -2.07. The van der Waals surface area contributed by atoms with Crippen molar-refractivity contribution in [3.05, 3.63) is 34.6 Å². The van der Waals surface area contributed by atoms with E-state index in [1.165, 1.54) is 12.1 Å². The summed E-state index contributed by atoms with van der Waals surface area (Å²) in [6.07, 6.45) is 1.57. The molecule has 0 unspecified atom stereocenters. The molecule has 0 fully saturated rings. The van der Waals surface area contributed by atoms with Crippen molar-refractivity contribution in [2.24, 2.45) is 0 Å². The number of aromatic nitrogens is 2. The van der Waals surface area contributed by atoms with Crippen LogP contribution in [-0.2, 0) is 6.42 Å². The number of aryl methyl sites for hydroxylation is 1. The molecule has 2 rings (SSSR count). The lowest BCUT2D eigenvalue weighted by atomic mass is 10.2. The van der Waals surface area contributed by atoms with Crippen molar-refractivity contribution in [3.8, 4) is 0 Å². The SMILES string of the molecule is CCCc1nnsc1C(=O)Nc1ccc(F)cc1N. The Hall–Kier alpha value is -2.02. The summed E-state index contributed by atoms with van der Waals surface area (Å²) in [4.78, 5) is 12.5. The fourth-order valence-electron chi connectivity index (χ4n) is 1.61. The summed E-state index contributed by atoms with van der Waals surface area (Å²) in [5, 5.41) is 6.56. The third-order valence-electron chi connectivity index (χ3n) is 2.51. The van der Waals surface area contributed by atoms with Crippen LogP contribution in [0.25, 0.3) is 0 Å². The van der Waals surface area contributed by atoms with Crippen molar-refractivity contribution in [2.75, 3.05) is 11.1 Å². The van der Waals surface area contributed by atoms with Gasteiger partial charge < -0.3 is 11.1 Å². The van der Waals surface area contributed by atoms with E-state index in [9.17, 15) is 9.18 Å². The minimum Gasteiger partial charge on any atom is -0.397 e. The van der Waals surface area contributed by atoms with E-state index in [4.69, 9.17) is 5.73 Å². The number of nitrogens with two attached hydrogens (primary N) is 1. The molecule has 0 spiro atoms. The van der Waals surface area contributed by atoms with Crippen LogP contribution < -0.4 is 11.1 Å². The van der Waals surface area contributed by atoms with E-state index in [2.05, 4.69) is 14.9 Å². The standard InChI is InChI=1S/C12H13FN4OS/c1-2-3-10-11(19-17-16-10)12(18)15-9-5-4-7(13)6-8(9)14/h4-6H,2-3,14H2,1H3,(H,15,18). The summed E-state index contributed by atoms with van der Waals surface area (Å²) in [6.45, 7) is 2.00. The number of hydrogen-bond acceptors (Lipinski definition) is 5. The predicted octanol–water partition coefficient (Wildman–Crippen LogP) is 2.46. The zero-order valence-corrected chi connectivity index (χ0v) is 11.1. The Balaban J connectivity index is 2.18. The highest BCUT2D eigenvalue weighted by Gasteiger charge is 2.16. The molecule has 0 bridgehead atoms. The summed E-state index contributed by atoms with van der Waals surface area (Å²) < 4.78 is 16.7. The lowest BCUT2D eigenvalue weighted by Crippen LogP contribution is -2.13. The topological polar surface area (TPSA) is 80.9 Å². The van der Waals surface area contributed by atoms with Crippen LogP contribution in [0.5, 0.6) is 0 Å². The van der Waals surface area contributed by atoms with Gasteiger partial charge in [0, 0.05) is 0 Å². The number of rotatable bonds is 4. The first-order valence-corrected chi connectivity index (χ1v) is 6.56. The first kappa shape index (κ1) is 13.4. The molecule has 0 aliphatic heterocycles. The first-order valence-electron chi connectivity index (χ1n) is 5.79.